The van der Waals surface area contributed by atoms with Crippen molar-refractivity contribution in [2.75, 3.05) is 0 Å². The van der Waals surface area contributed by atoms with Crippen LogP contribution in [0.25, 0.3) is 11.0 Å². The van der Waals surface area contributed by atoms with E-state index in [2.05, 4.69) is 30.9 Å². The number of hydrogen-bond acceptors (Lipinski definition) is 4. The van der Waals surface area contributed by atoms with Gasteiger partial charge in [-0.25, -0.2) is 4.98 Å². The fourth-order valence-electron chi connectivity index (χ4n) is 1.76. The molecule has 5 heteroatoms. The van der Waals surface area contributed by atoms with Gasteiger partial charge in [0.25, 0.3) is 0 Å². The van der Waals surface area contributed by atoms with Gasteiger partial charge in [0.05, 0.1) is 11.2 Å². The minimum Gasteiger partial charge on any atom is -0.453 e. The Kier molecular flexibility index (Phi) is 3.13. The van der Waals surface area contributed by atoms with Gasteiger partial charge in [0.15, 0.2) is 5.75 Å². The molecule has 0 saturated heterocycles. The van der Waals surface area contributed by atoms with Gasteiger partial charge in [0.2, 0.25) is 0 Å². The minimum absolute atomic E-state index is 0.675. The molecule has 3 aromatic heterocycles. The molecule has 19 heavy (non-hydrogen) atoms. The molecule has 0 unspecified atom stereocenters. The normalized spacial score (nSPS) is 10.6. The number of rotatable bonds is 2. The molecule has 0 radical (unpaired) electrons. The van der Waals surface area contributed by atoms with E-state index in [-0.39, 0.29) is 0 Å². The third-order valence-electron chi connectivity index (χ3n) is 2.69. The maximum Gasteiger partial charge on any atom is 0.156 e. The first-order chi connectivity index (χ1) is 9.24. The summed E-state index contributed by atoms with van der Waals surface area (Å²) in [5, 5.41) is 0. The topological polar surface area (TPSA) is 47.9 Å². The predicted octanol–water partition coefficient (Wildman–Crippen LogP) is 3.89. The average Bonchev–Trinajstić information content (AvgIpc) is 2.41. The SMILES string of the molecule is Cc1ncccc1Oc1ccnc2cc(Br)cnc12. The Bertz CT molecular complexity index is 746. The maximum absolute atomic E-state index is 5.88. The van der Waals surface area contributed by atoms with Crippen LogP contribution in [0.2, 0.25) is 0 Å². The van der Waals surface area contributed by atoms with Crippen LogP contribution in [0, 0.1) is 6.92 Å². The highest BCUT2D eigenvalue weighted by molar-refractivity contribution is 9.10. The van der Waals surface area contributed by atoms with Gasteiger partial charge in [0, 0.05) is 29.1 Å². The Morgan fingerprint density at radius 1 is 1.05 bits per heavy atom. The first-order valence-electron chi connectivity index (χ1n) is 5.74. The molecular weight excluding hydrogens is 306 g/mol. The summed E-state index contributed by atoms with van der Waals surface area (Å²) in [6.07, 6.45) is 5.17. The summed E-state index contributed by atoms with van der Waals surface area (Å²) < 4.78 is 6.77. The van der Waals surface area contributed by atoms with Gasteiger partial charge < -0.3 is 4.74 Å². The summed E-state index contributed by atoms with van der Waals surface area (Å²) in [5.41, 5.74) is 2.35. The Morgan fingerprint density at radius 2 is 1.95 bits per heavy atom. The molecule has 0 saturated carbocycles. The van der Waals surface area contributed by atoms with Crippen molar-refractivity contribution in [1.29, 1.82) is 0 Å². The molecule has 3 heterocycles. The lowest BCUT2D eigenvalue weighted by atomic mass is 10.3. The number of ether oxygens (including phenoxy) is 1. The van der Waals surface area contributed by atoms with Gasteiger partial charge >= 0.3 is 0 Å². The second kappa shape index (κ2) is 4.93. The van der Waals surface area contributed by atoms with Crippen LogP contribution in [0.1, 0.15) is 5.69 Å². The Hall–Kier alpha value is -2.01. The highest BCUT2D eigenvalue weighted by atomic mass is 79.9. The summed E-state index contributed by atoms with van der Waals surface area (Å²) in [4.78, 5) is 12.8. The second-order valence-corrected chi connectivity index (χ2v) is 4.94. The molecule has 0 atom stereocenters. The van der Waals surface area contributed by atoms with Crippen LogP contribution in [0.15, 0.2) is 47.3 Å². The molecule has 94 valence electrons. The van der Waals surface area contributed by atoms with E-state index >= 15 is 0 Å². The lowest BCUT2D eigenvalue weighted by Gasteiger charge is -2.09. The molecule has 0 amide bonds. The van der Waals surface area contributed by atoms with Crippen molar-refractivity contribution < 1.29 is 4.74 Å². The van der Waals surface area contributed by atoms with E-state index in [1.807, 2.05) is 25.1 Å². The minimum atomic E-state index is 0.675. The van der Waals surface area contributed by atoms with Crippen LogP contribution in [0.4, 0.5) is 0 Å². The van der Waals surface area contributed by atoms with Crippen LogP contribution in [-0.4, -0.2) is 15.0 Å². The molecule has 0 aliphatic heterocycles. The van der Waals surface area contributed by atoms with Gasteiger partial charge in [-0.1, -0.05) is 0 Å². The Balaban J connectivity index is 2.09. The van der Waals surface area contributed by atoms with Gasteiger partial charge in [-0.15, -0.1) is 0 Å². The highest BCUT2D eigenvalue weighted by Crippen LogP contribution is 2.29. The molecule has 0 spiro atoms. The van der Waals surface area contributed by atoms with Gasteiger partial charge in [-0.05, 0) is 41.1 Å². The van der Waals surface area contributed by atoms with E-state index in [9.17, 15) is 0 Å². The highest BCUT2D eigenvalue weighted by Gasteiger charge is 2.08. The molecule has 0 N–H and O–H groups in total. The summed E-state index contributed by atoms with van der Waals surface area (Å²) in [7, 11) is 0. The number of aryl methyl sites for hydroxylation is 1. The molecule has 3 aromatic rings. The number of pyridine rings is 3. The Labute approximate surface area is 118 Å². The number of hydrogen-bond donors (Lipinski definition) is 0. The third kappa shape index (κ3) is 2.42. The molecule has 0 fully saturated rings. The van der Waals surface area contributed by atoms with Crippen LogP contribution >= 0.6 is 15.9 Å². The molecule has 0 bridgehead atoms. The molecule has 0 aliphatic carbocycles. The number of halogens is 1. The van der Waals surface area contributed by atoms with Crippen molar-refractivity contribution in [3.05, 3.63) is 53.0 Å². The zero-order chi connectivity index (χ0) is 13.2. The fraction of sp³-hybridized carbons (Fsp3) is 0.0714. The second-order valence-electron chi connectivity index (χ2n) is 4.02. The summed E-state index contributed by atoms with van der Waals surface area (Å²) in [6, 6.07) is 7.43. The average molecular weight is 316 g/mol. The van der Waals surface area contributed by atoms with Crippen molar-refractivity contribution in [3.8, 4) is 11.5 Å². The Morgan fingerprint density at radius 3 is 2.79 bits per heavy atom. The van der Waals surface area contributed by atoms with Crippen LogP contribution < -0.4 is 4.74 Å². The molecule has 0 aliphatic rings. The van der Waals surface area contributed by atoms with E-state index in [0.29, 0.717) is 5.75 Å². The van der Waals surface area contributed by atoms with Gasteiger partial charge in [-0.2, -0.15) is 0 Å². The van der Waals surface area contributed by atoms with E-state index < -0.39 is 0 Å². The van der Waals surface area contributed by atoms with Crippen LogP contribution in [0.3, 0.4) is 0 Å². The zero-order valence-electron chi connectivity index (χ0n) is 10.2. The van der Waals surface area contributed by atoms with Crippen molar-refractivity contribution >= 4 is 27.0 Å². The lowest BCUT2D eigenvalue weighted by Crippen LogP contribution is -1.92. The zero-order valence-corrected chi connectivity index (χ0v) is 11.8. The van der Waals surface area contributed by atoms with Crippen LogP contribution in [-0.2, 0) is 0 Å². The number of fused-ring (bicyclic) bond motifs is 1. The summed E-state index contributed by atoms with van der Waals surface area (Å²) in [5.74, 6) is 1.40. The van der Waals surface area contributed by atoms with E-state index in [1.165, 1.54) is 0 Å². The lowest BCUT2D eigenvalue weighted by molar-refractivity contribution is 0.479. The fourth-order valence-corrected chi connectivity index (χ4v) is 2.08. The van der Waals surface area contributed by atoms with Crippen molar-refractivity contribution in [2.24, 2.45) is 0 Å². The predicted molar refractivity (Wildman–Crippen MR) is 76.3 cm³/mol. The summed E-state index contributed by atoms with van der Waals surface area (Å²) >= 11 is 3.38. The van der Waals surface area contributed by atoms with E-state index in [4.69, 9.17) is 4.74 Å². The van der Waals surface area contributed by atoms with E-state index in [1.54, 1.807) is 24.7 Å². The number of nitrogens with zero attached hydrogens (tertiary/aromatic N) is 3. The first kappa shape index (κ1) is 12.0. The molecule has 3 rings (SSSR count). The van der Waals surface area contributed by atoms with Crippen molar-refractivity contribution in [3.63, 3.8) is 0 Å². The molecule has 4 nitrogen and oxygen atoms in total. The summed E-state index contributed by atoms with van der Waals surface area (Å²) in [6.45, 7) is 1.91. The monoisotopic (exact) mass is 315 g/mol. The van der Waals surface area contributed by atoms with Crippen molar-refractivity contribution in [2.45, 2.75) is 6.92 Å². The first-order valence-corrected chi connectivity index (χ1v) is 6.53. The van der Waals surface area contributed by atoms with Gasteiger partial charge in [-0.3, -0.25) is 9.97 Å². The smallest absolute Gasteiger partial charge is 0.156 e. The standard InChI is InChI=1S/C14H10BrN3O/c1-9-12(3-2-5-16-9)19-13-4-6-17-11-7-10(15)8-18-14(11)13/h2-8H,1H3. The largest absolute Gasteiger partial charge is 0.453 e. The molecular formula is C14H10BrN3O. The molecule has 0 aromatic carbocycles. The maximum atomic E-state index is 5.88. The quantitative estimate of drug-likeness (QED) is 0.720. The third-order valence-corrected chi connectivity index (χ3v) is 3.12. The van der Waals surface area contributed by atoms with Crippen molar-refractivity contribution in [1.82, 2.24) is 15.0 Å². The number of aromatic nitrogens is 3. The van der Waals surface area contributed by atoms with E-state index in [0.717, 1.165) is 26.9 Å². The van der Waals surface area contributed by atoms with Gasteiger partial charge in [0.1, 0.15) is 11.3 Å². The van der Waals surface area contributed by atoms with Crippen LogP contribution in [0.5, 0.6) is 11.5 Å².